The van der Waals surface area contributed by atoms with Gasteiger partial charge in [-0.1, -0.05) is 0 Å². The molecule has 0 radical (unpaired) electrons. The first-order valence-electron chi connectivity index (χ1n) is 3.37. The number of ether oxygens (including phenoxy) is 1. The molecule has 0 saturated carbocycles. The first-order chi connectivity index (χ1) is 5.40. The molecule has 0 fully saturated rings. The number of aromatic nitrogens is 2. The number of pyridine rings is 1. The lowest BCUT2D eigenvalue weighted by Crippen LogP contribution is -1.87. The number of hydrogen-bond acceptors (Lipinski definition) is 2. The van der Waals surface area contributed by atoms with Gasteiger partial charge in [0, 0.05) is 18.5 Å². The third-order valence-electron chi connectivity index (χ3n) is 1.61. The van der Waals surface area contributed by atoms with Crippen LogP contribution < -0.4 is 4.74 Å². The molecule has 0 aliphatic rings. The summed E-state index contributed by atoms with van der Waals surface area (Å²) < 4.78 is 6.84. The molecule has 0 N–H and O–H groups in total. The zero-order valence-corrected chi connectivity index (χ0v) is 6.19. The number of nitrogens with zero attached hydrogens (tertiary/aromatic N) is 2. The smallest absolute Gasteiger partial charge is 0.122 e. The molecule has 0 aliphatic heterocycles. The van der Waals surface area contributed by atoms with Crippen molar-refractivity contribution in [1.29, 1.82) is 0 Å². The van der Waals surface area contributed by atoms with Crippen molar-refractivity contribution in [2.24, 2.45) is 0 Å². The lowest BCUT2D eigenvalue weighted by Gasteiger charge is -1.98. The van der Waals surface area contributed by atoms with Crippen LogP contribution >= 0.6 is 0 Å². The third kappa shape index (κ3) is 0.941. The Labute approximate surface area is 64.2 Å². The number of methoxy groups -OCH3 is 1. The van der Waals surface area contributed by atoms with E-state index < -0.39 is 0 Å². The zero-order valence-electron chi connectivity index (χ0n) is 6.19. The van der Waals surface area contributed by atoms with Crippen molar-refractivity contribution in [2.45, 2.75) is 0 Å². The Hall–Kier alpha value is -1.51. The van der Waals surface area contributed by atoms with Gasteiger partial charge in [0.25, 0.3) is 0 Å². The second kappa shape index (κ2) is 2.27. The molecule has 0 aliphatic carbocycles. The van der Waals surface area contributed by atoms with E-state index in [0.29, 0.717) is 0 Å². The summed E-state index contributed by atoms with van der Waals surface area (Å²) in [4.78, 5) is 0. The van der Waals surface area contributed by atoms with Crippen molar-refractivity contribution in [3.8, 4) is 5.75 Å². The predicted octanol–water partition coefficient (Wildman–Crippen LogP) is 1.34. The second-order valence-electron chi connectivity index (χ2n) is 2.27. The van der Waals surface area contributed by atoms with Crippen molar-refractivity contribution in [3.63, 3.8) is 0 Å². The molecule has 0 unspecified atom stereocenters. The first-order valence-corrected chi connectivity index (χ1v) is 3.37. The summed E-state index contributed by atoms with van der Waals surface area (Å²) in [5.41, 5.74) is 1.05. The molecule has 3 heteroatoms. The van der Waals surface area contributed by atoms with Gasteiger partial charge in [-0.3, -0.25) is 0 Å². The van der Waals surface area contributed by atoms with Crippen molar-refractivity contribution in [2.75, 3.05) is 7.11 Å². The van der Waals surface area contributed by atoms with E-state index >= 15 is 0 Å². The lowest BCUT2D eigenvalue weighted by molar-refractivity contribution is 0.414. The Bertz CT molecular complexity index is 367. The molecule has 0 amide bonds. The Morgan fingerprint density at radius 1 is 1.45 bits per heavy atom. The van der Waals surface area contributed by atoms with Gasteiger partial charge in [-0.05, 0) is 12.1 Å². The minimum absolute atomic E-state index is 0.859. The molecule has 0 atom stereocenters. The Balaban J connectivity index is 2.67. The highest BCUT2D eigenvalue weighted by Gasteiger charge is 1.93. The van der Waals surface area contributed by atoms with Gasteiger partial charge < -0.3 is 4.74 Å². The van der Waals surface area contributed by atoms with Crippen molar-refractivity contribution >= 4 is 5.52 Å². The molecule has 2 heterocycles. The number of hydrogen-bond donors (Lipinski definition) is 0. The van der Waals surface area contributed by atoms with Crippen LogP contribution in [-0.4, -0.2) is 16.7 Å². The van der Waals surface area contributed by atoms with Gasteiger partial charge in [0.1, 0.15) is 5.75 Å². The minimum Gasteiger partial charge on any atom is -0.497 e. The molecule has 2 rings (SSSR count). The van der Waals surface area contributed by atoms with Crippen LogP contribution in [-0.2, 0) is 0 Å². The summed E-state index contributed by atoms with van der Waals surface area (Å²) in [5.74, 6) is 0.859. The van der Waals surface area contributed by atoms with E-state index in [1.54, 1.807) is 17.8 Å². The fourth-order valence-electron chi connectivity index (χ4n) is 1.03. The van der Waals surface area contributed by atoms with E-state index in [1.165, 1.54) is 0 Å². The van der Waals surface area contributed by atoms with E-state index in [-0.39, 0.29) is 0 Å². The molecule has 0 spiro atoms. The van der Waals surface area contributed by atoms with Crippen LogP contribution in [0.4, 0.5) is 0 Å². The normalized spacial score (nSPS) is 10.3. The van der Waals surface area contributed by atoms with Crippen LogP contribution in [0, 0.1) is 0 Å². The van der Waals surface area contributed by atoms with Gasteiger partial charge in [0.2, 0.25) is 0 Å². The molecule has 2 aromatic heterocycles. The lowest BCUT2D eigenvalue weighted by atomic mass is 10.4. The third-order valence-corrected chi connectivity index (χ3v) is 1.61. The van der Waals surface area contributed by atoms with Crippen molar-refractivity contribution < 1.29 is 4.74 Å². The Morgan fingerprint density at radius 3 is 3.18 bits per heavy atom. The highest BCUT2D eigenvalue weighted by Crippen LogP contribution is 2.12. The van der Waals surface area contributed by atoms with Crippen LogP contribution in [0.25, 0.3) is 5.52 Å². The maximum Gasteiger partial charge on any atom is 0.122 e. The van der Waals surface area contributed by atoms with Crippen molar-refractivity contribution in [3.05, 3.63) is 30.6 Å². The van der Waals surface area contributed by atoms with E-state index in [1.807, 2.05) is 24.4 Å². The van der Waals surface area contributed by atoms with Gasteiger partial charge in [-0.15, -0.1) is 0 Å². The maximum atomic E-state index is 5.05. The highest BCUT2D eigenvalue weighted by molar-refractivity contribution is 5.49. The molecule has 3 nitrogen and oxygen atoms in total. The van der Waals surface area contributed by atoms with Crippen LogP contribution in [0.3, 0.4) is 0 Å². The summed E-state index contributed by atoms with van der Waals surface area (Å²) >= 11 is 0. The summed E-state index contributed by atoms with van der Waals surface area (Å²) in [6, 6.07) is 5.75. The SMILES string of the molecule is COc1ccn2nccc2c1. The summed E-state index contributed by atoms with van der Waals surface area (Å²) in [6.45, 7) is 0. The largest absolute Gasteiger partial charge is 0.497 e. The summed E-state index contributed by atoms with van der Waals surface area (Å²) in [6.07, 6.45) is 3.63. The average molecular weight is 148 g/mol. The molecule has 0 aromatic carbocycles. The van der Waals surface area contributed by atoms with Crippen LogP contribution in [0.5, 0.6) is 5.75 Å². The summed E-state index contributed by atoms with van der Waals surface area (Å²) in [5, 5.41) is 4.06. The topological polar surface area (TPSA) is 26.5 Å². The fraction of sp³-hybridized carbons (Fsp3) is 0.125. The van der Waals surface area contributed by atoms with E-state index in [9.17, 15) is 0 Å². The molecular formula is C8H8N2O. The van der Waals surface area contributed by atoms with Gasteiger partial charge >= 0.3 is 0 Å². The maximum absolute atomic E-state index is 5.05. The quantitative estimate of drug-likeness (QED) is 0.610. The predicted molar refractivity (Wildman–Crippen MR) is 41.7 cm³/mol. The van der Waals surface area contributed by atoms with E-state index in [4.69, 9.17) is 4.74 Å². The zero-order chi connectivity index (χ0) is 7.68. The van der Waals surface area contributed by atoms with Crippen LogP contribution in [0.1, 0.15) is 0 Å². The Morgan fingerprint density at radius 2 is 2.36 bits per heavy atom. The van der Waals surface area contributed by atoms with Crippen molar-refractivity contribution in [1.82, 2.24) is 9.61 Å². The van der Waals surface area contributed by atoms with Gasteiger partial charge in [0.05, 0.1) is 12.6 Å². The molecule has 2 aromatic rings. The van der Waals surface area contributed by atoms with Gasteiger partial charge in [-0.2, -0.15) is 5.10 Å². The molecule has 11 heavy (non-hydrogen) atoms. The van der Waals surface area contributed by atoms with E-state index in [2.05, 4.69) is 5.10 Å². The van der Waals surface area contributed by atoms with Crippen LogP contribution in [0.15, 0.2) is 30.6 Å². The first kappa shape index (κ1) is 6.22. The summed E-state index contributed by atoms with van der Waals surface area (Å²) in [7, 11) is 1.65. The van der Waals surface area contributed by atoms with Gasteiger partial charge in [0.15, 0.2) is 0 Å². The van der Waals surface area contributed by atoms with Crippen LogP contribution in [0.2, 0.25) is 0 Å². The average Bonchev–Trinajstić information content (AvgIpc) is 2.50. The number of rotatable bonds is 1. The minimum atomic E-state index is 0.859. The van der Waals surface area contributed by atoms with E-state index in [0.717, 1.165) is 11.3 Å². The van der Waals surface area contributed by atoms with Gasteiger partial charge in [-0.25, -0.2) is 4.52 Å². The fourth-order valence-corrected chi connectivity index (χ4v) is 1.03. The molecule has 56 valence electrons. The second-order valence-corrected chi connectivity index (χ2v) is 2.27. The molecule has 0 saturated heterocycles. The number of fused-ring (bicyclic) bond motifs is 1. The Kier molecular flexibility index (Phi) is 1.28. The molecule has 0 bridgehead atoms. The monoisotopic (exact) mass is 148 g/mol. The standard InChI is InChI=1S/C8H8N2O/c1-11-8-3-5-10-7(6-8)2-4-9-10/h2-6H,1H3. The molecular weight excluding hydrogens is 140 g/mol. The highest BCUT2D eigenvalue weighted by atomic mass is 16.5.